The highest BCUT2D eigenvalue weighted by atomic mass is 19.1. The summed E-state index contributed by atoms with van der Waals surface area (Å²) in [7, 11) is 0. The molecule has 0 saturated heterocycles. The van der Waals surface area contributed by atoms with Crippen LogP contribution in [0.3, 0.4) is 0 Å². The van der Waals surface area contributed by atoms with Crippen LogP contribution < -0.4 is 15.8 Å². The van der Waals surface area contributed by atoms with Crippen molar-refractivity contribution in [2.45, 2.75) is 64.6 Å². The minimum absolute atomic E-state index is 0.197. The summed E-state index contributed by atoms with van der Waals surface area (Å²) in [6.07, 6.45) is 2.39. The van der Waals surface area contributed by atoms with Crippen molar-refractivity contribution in [2.75, 3.05) is 5.01 Å². The number of nitrogens with one attached hydrogen (secondary N) is 2. The van der Waals surface area contributed by atoms with Gasteiger partial charge in [0.1, 0.15) is 17.5 Å². The SMILES string of the molecule is C[C@H](NC(=O)OC(C)(C)C)C(=O)N(NC1CCC1)c1ccc(F)cc1. The van der Waals surface area contributed by atoms with Crippen LogP contribution in [0.1, 0.15) is 47.0 Å². The largest absolute Gasteiger partial charge is 0.444 e. The number of rotatable bonds is 5. The van der Waals surface area contributed by atoms with Gasteiger partial charge in [0.05, 0.1) is 5.69 Å². The van der Waals surface area contributed by atoms with E-state index in [1.165, 1.54) is 29.3 Å². The third kappa shape index (κ3) is 5.70. The molecule has 1 aromatic rings. The predicted octanol–water partition coefficient (Wildman–Crippen LogP) is 3.13. The highest BCUT2D eigenvalue weighted by Crippen LogP contribution is 2.22. The van der Waals surface area contributed by atoms with Crippen molar-refractivity contribution >= 4 is 17.7 Å². The van der Waals surface area contributed by atoms with Gasteiger partial charge in [-0.3, -0.25) is 4.79 Å². The van der Waals surface area contributed by atoms with Gasteiger partial charge in [-0.25, -0.2) is 19.6 Å². The van der Waals surface area contributed by atoms with Gasteiger partial charge in [0.2, 0.25) is 0 Å². The number of carbonyl (C=O) groups excluding carboxylic acids is 2. The molecule has 138 valence electrons. The van der Waals surface area contributed by atoms with Crippen LogP contribution in [0.25, 0.3) is 0 Å². The van der Waals surface area contributed by atoms with Crippen LogP contribution in [0.2, 0.25) is 0 Å². The van der Waals surface area contributed by atoms with Gasteiger partial charge >= 0.3 is 6.09 Å². The van der Waals surface area contributed by atoms with Crippen LogP contribution in [0.5, 0.6) is 0 Å². The van der Waals surface area contributed by atoms with Crippen molar-refractivity contribution in [3.63, 3.8) is 0 Å². The van der Waals surface area contributed by atoms with Crippen molar-refractivity contribution in [2.24, 2.45) is 0 Å². The van der Waals surface area contributed by atoms with E-state index in [-0.39, 0.29) is 17.8 Å². The zero-order valence-electron chi connectivity index (χ0n) is 15.1. The second kappa shape index (κ2) is 7.82. The van der Waals surface area contributed by atoms with Crippen LogP contribution in [0.15, 0.2) is 24.3 Å². The molecule has 0 radical (unpaired) electrons. The number of nitrogens with zero attached hydrogens (tertiary/aromatic N) is 1. The van der Waals surface area contributed by atoms with Crippen LogP contribution in [-0.2, 0) is 9.53 Å². The Labute approximate surface area is 147 Å². The normalized spacial score (nSPS) is 15.9. The molecule has 0 unspecified atom stereocenters. The number of hydrogen-bond donors (Lipinski definition) is 2. The number of anilines is 1. The molecule has 25 heavy (non-hydrogen) atoms. The minimum Gasteiger partial charge on any atom is -0.444 e. The molecule has 2 amide bonds. The zero-order valence-corrected chi connectivity index (χ0v) is 15.1. The van der Waals surface area contributed by atoms with E-state index in [0.29, 0.717) is 5.69 Å². The molecule has 1 fully saturated rings. The molecule has 1 aliphatic rings. The Morgan fingerprint density at radius 2 is 1.84 bits per heavy atom. The Balaban J connectivity index is 2.08. The Bertz CT molecular complexity index is 609. The molecule has 7 heteroatoms. The molecular formula is C18H26FN3O3. The van der Waals surface area contributed by atoms with Gasteiger partial charge in [-0.2, -0.15) is 0 Å². The van der Waals surface area contributed by atoms with Crippen molar-refractivity contribution in [1.82, 2.24) is 10.7 Å². The average molecular weight is 351 g/mol. The summed E-state index contributed by atoms with van der Waals surface area (Å²) in [6, 6.07) is 5.04. The first kappa shape index (κ1) is 19.2. The van der Waals surface area contributed by atoms with E-state index >= 15 is 0 Å². The third-order valence-electron chi connectivity index (χ3n) is 3.83. The number of carbonyl (C=O) groups is 2. The molecule has 2 N–H and O–H groups in total. The second-order valence-electron chi connectivity index (χ2n) is 7.27. The lowest BCUT2D eigenvalue weighted by molar-refractivity contribution is -0.121. The third-order valence-corrected chi connectivity index (χ3v) is 3.83. The quantitative estimate of drug-likeness (QED) is 0.800. The molecular weight excluding hydrogens is 325 g/mol. The van der Waals surface area contributed by atoms with E-state index in [4.69, 9.17) is 4.74 Å². The summed E-state index contributed by atoms with van der Waals surface area (Å²) in [5.74, 6) is -0.718. The smallest absolute Gasteiger partial charge is 0.408 e. The summed E-state index contributed by atoms with van der Waals surface area (Å²) in [6.45, 7) is 6.84. The van der Waals surface area contributed by atoms with Gasteiger partial charge in [0.25, 0.3) is 5.91 Å². The first-order valence-electron chi connectivity index (χ1n) is 8.51. The maximum Gasteiger partial charge on any atom is 0.408 e. The van der Waals surface area contributed by atoms with E-state index in [0.717, 1.165) is 19.3 Å². The van der Waals surface area contributed by atoms with E-state index in [9.17, 15) is 14.0 Å². The van der Waals surface area contributed by atoms with Crippen molar-refractivity contribution in [3.8, 4) is 0 Å². The molecule has 6 nitrogen and oxygen atoms in total. The lowest BCUT2D eigenvalue weighted by atomic mass is 9.94. The van der Waals surface area contributed by atoms with E-state index < -0.39 is 17.7 Å². The number of benzene rings is 1. The van der Waals surface area contributed by atoms with Gasteiger partial charge in [0, 0.05) is 6.04 Å². The maximum atomic E-state index is 13.2. The first-order chi connectivity index (χ1) is 11.7. The Kier molecular flexibility index (Phi) is 6.00. The topological polar surface area (TPSA) is 70.7 Å². The van der Waals surface area contributed by atoms with Gasteiger partial charge in [-0.05, 0) is 64.8 Å². The van der Waals surface area contributed by atoms with Crippen molar-refractivity contribution in [1.29, 1.82) is 0 Å². The molecule has 0 heterocycles. The Morgan fingerprint density at radius 3 is 2.32 bits per heavy atom. The predicted molar refractivity (Wildman–Crippen MR) is 93.5 cm³/mol. The minimum atomic E-state index is -0.799. The average Bonchev–Trinajstić information content (AvgIpc) is 2.45. The molecule has 1 saturated carbocycles. The molecule has 0 aromatic heterocycles. The van der Waals surface area contributed by atoms with E-state index in [1.807, 2.05) is 0 Å². The number of hydrazine groups is 1. The van der Waals surface area contributed by atoms with Gasteiger partial charge in [0.15, 0.2) is 0 Å². The lowest BCUT2D eigenvalue weighted by Gasteiger charge is -2.35. The zero-order chi connectivity index (χ0) is 18.6. The van der Waals surface area contributed by atoms with Gasteiger partial charge in [-0.15, -0.1) is 0 Å². The number of hydrogen-bond acceptors (Lipinski definition) is 4. The van der Waals surface area contributed by atoms with Crippen LogP contribution in [-0.4, -0.2) is 29.7 Å². The number of alkyl carbamates (subject to hydrolysis) is 1. The van der Waals surface area contributed by atoms with E-state index in [1.54, 1.807) is 27.7 Å². The summed E-state index contributed by atoms with van der Waals surface area (Å²) in [5, 5.41) is 3.92. The van der Waals surface area contributed by atoms with E-state index in [2.05, 4.69) is 10.7 Å². The van der Waals surface area contributed by atoms with Gasteiger partial charge < -0.3 is 10.1 Å². The Morgan fingerprint density at radius 1 is 1.24 bits per heavy atom. The summed E-state index contributed by atoms with van der Waals surface area (Å²) < 4.78 is 18.4. The fourth-order valence-electron chi connectivity index (χ4n) is 2.32. The summed E-state index contributed by atoms with van der Waals surface area (Å²) >= 11 is 0. The molecule has 1 aromatic carbocycles. The number of ether oxygens (including phenoxy) is 1. The number of amides is 2. The van der Waals surface area contributed by atoms with Crippen LogP contribution in [0.4, 0.5) is 14.9 Å². The van der Waals surface area contributed by atoms with Crippen molar-refractivity contribution in [3.05, 3.63) is 30.1 Å². The standard InChI is InChI=1S/C18H26FN3O3/c1-12(20-17(24)25-18(2,3)4)16(23)22(21-14-6-5-7-14)15-10-8-13(19)9-11-15/h8-12,14,21H,5-7H2,1-4H3,(H,20,24)/t12-/m0/s1. The molecule has 0 aliphatic heterocycles. The summed E-state index contributed by atoms with van der Waals surface area (Å²) in [4.78, 5) is 24.7. The molecule has 1 aliphatic carbocycles. The van der Waals surface area contributed by atoms with Crippen LogP contribution >= 0.6 is 0 Å². The molecule has 2 rings (SSSR count). The highest BCUT2D eigenvalue weighted by Gasteiger charge is 2.29. The van der Waals surface area contributed by atoms with Crippen LogP contribution in [0, 0.1) is 5.82 Å². The highest BCUT2D eigenvalue weighted by molar-refractivity contribution is 5.97. The second-order valence-corrected chi connectivity index (χ2v) is 7.27. The monoisotopic (exact) mass is 351 g/mol. The summed E-state index contributed by atoms with van der Waals surface area (Å²) in [5.41, 5.74) is 3.04. The Hall–Kier alpha value is -2.15. The van der Waals surface area contributed by atoms with Crippen molar-refractivity contribution < 1.29 is 18.7 Å². The fourth-order valence-corrected chi connectivity index (χ4v) is 2.32. The fraction of sp³-hybridized carbons (Fsp3) is 0.556. The lowest BCUT2D eigenvalue weighted by Crippen LogP contribution is -2.56. The number of halogens is 1. The maximum absolute atomic E-state index is 13.2. The first-order valence-corrected chi connectivity index (χ1v) is 8.51. The van der Waals surface area contributed by atoms with Gasteiger partial charge in [-0.1, -0.05) is 6.42 Å². The molecule has 0 spiro atoms. The molecule has 1 atom stereocenters. The molecule has 0 bridgehead atoms.